The lowest BCUT2D eigenvalue weighted by Crippen LogP contribution is -2.12. The van der Waals surface area contributed by atoms with Gasteiger partial charge >= 0.3 is 0 Å². The molecule has 0 saturated carbocycles. The monoisotopic (exact) mass is 293 g/mol. The van der Waals surface area contributed by atoms with E-state index in [1.54, 1.807) is 13.3 Å². The van der Waals surface area contributed by atoms with Gasteiger partial charge in [-0.25, -0.2) is 0 Å². The summed E-state index contributed by atoms with van der Waals surface area (Å²) in [5.41, 5.74) is 4.65. The molecule has 1 aromatic heterocycles. The van der Waals surface area contributed by atoms with Gasteiger partial charge in [-0.15, -0.1) is 0 Å². The van der Waals surface area contributed by atoms with Crippen molar-refractivity contribution in [1.29, 1.82) is 0 Å². The smallest absolute Gasteiger partial charge is 0.119 e. The lowest BCUT2D eigenvalue weighted by molar-refractivity contribution is 0.414. The quantitative estimate of drug-likeness (QED) is 0.732. The van der Waals surface area contributed by atoms with Crippen LogP contribution in [-0.4, -0.2) is 17.3 Å². The maximum absolute atomic E-state index is 5.24. The third kappa shape index (κ3) is 3.54. The Hall–Kier alpha value is -2.59. The van der Waals surface area contributed by atoms with Gasteiger partial charge in [-0.05, 0) is 41.0 Å². The second-order valence-corrected chi connectivity index (χ2v) is 5.13. The zero-order valence-electron chi connectivity index (χ0n) is 12.5. The fourth-order valence-corrected chi connectivity index (χ4v) is 2.40. The highest BCUT2D eigenvalue weighted by Gasteiger charge is 2.01. The number of hydrogen-bond donors (Lipinski definition) is 2. The molecular weight excluding hydrogens is 274 g/mol. The van der Waals surface area contributed by atoms with Crippen molar-refractivity contribution in [2.24, 2.45) is 0 Å². The molecule has 3 rings (SSSR count). The normalized spacial score (nSPS) is 10.6. The molecule has 0 fully saturated rings. The number of hydrogen-bond acceptors (Lipinski definition) is 3. The van der Waals surface area contributed by atoms with Gasteiger partial charge in [-0.2, -0.15) is 5.10 Å². The van der Waals surface area contributed by atoms with Crippen LogP contribution in [0.25, 0.3) is 11.3 Å². The maximum Gasteiger partial charge on any atom is 0.119 e. The molecule has 0 unspecified atom stereocenters. The van der Waals surface area contributed by atoms with E-state index >= 15 is 0 Å². The molecule has 0 radical (unpaired) electrons. The summed E-state index contributed by atoms with van der Waals surface area (Å²) in [5, 5.41) is 10.4. The minimum Gasteiger partial charge on any atom is -0.497 e. The molecule has 0 aliphatic heterocycles. The first-order valence-electron chi connectivity index (χ1n) is 7.27. The lowest BCUT2D eigenvalue weighted by atomic mass is 10.1. The fraction of sp³-hybridized carbons (Fsp3) is 0.167. The largest absolute Gasteiger partial charge is 0.497 e. The molecular formula is C18H19N3O. The van der Waals surface area contributed by atoms with E-state index in [0.29, 0.717) is 0 Å². The molecule has 2 N–H and O–H groups in total. The van der Waals surface area contributed by atoms with Gasteiger partial charge in [-0.1, -0.05) is 30.3 Å². The van der Waals surface area contributed by atoms with Crippen LogP contribution in [0.1, 0.15) is 11.1 Å². The predicted octanol–water partition coefficient (Wildman–Crippen LogP) is 3.38. The molecule has 4 nitrogen and oxygen atoms in total. The fourth-order valence-electron chi connectivity index (χ4n) is 2.40. The third-order valence-corrected chi connectivity index (χ3v) is 3.53. The second-order valence-electron chi connectivity index (χ2n) is 5.13. The summed E-state index contributed by atoms with van der Waals surface area (Å²) >= 11 is 0. The van der Waals surface area contributed by atoms with Crippen LogP contribution in [0.5, 0.6) is 5.75 Å². The van der Waals surface area contributed by atoms with E-state index < -0.39 is 0 Å². The second kappa shape index (κ2) is 6.91. The Morgan fingerprint density at radius 3 is 2.50 bits per heavy atom. The van der Waals surface area contributed by atoms with Crippen molar-refractivity contribution in [3.63, 3.8) is 0 Å². The minimum atomic E-state index is 0.811. The van der Waals surface area contributed by atoms with Gasteiger partial charge in [0.1, 0.15) is 5.75 Å². The van der Waals surface area contributed by atoms with E-state index in [1.165, 1.54) is 11.1 Å². The van der Waals surface area contributed by atoms with Crippen molar-refractivity contribution in [2.75, 3.05) is 7.11 Å². The van der Waals surface area contributed by atoms with Crippen molar-refractivity contribution in [3.8, 4) is 17.0 Å². The molecule has 0 amide bonds. The lowest BCUT2D eigenvalue weighted by Gasteiger charge is -2.08. The number of rotatable bonds is 6. The standard InChI is InChI=1S/C18H19N3O/c1-22-17-7-3-5-15(11-17)13-19-12-14-4-2-6-16(10-14)18-8-9-20-21-18/h2-11,19H,12-13H2,1H3,(H,20,21). The average molecular weight is 293 g/mol. The Morgan fingerprint density at radius 2 is 1.77 bits per heavy atom. The Kier molecular flexibility index (Phi) is 4.51. The highest BCUT2D eigenvalue weighted by atomic mass is 16.5. The van der Waals surface area contributed by atoms with Gasteiger partial charge in [0, 0.05) is 19.3 Å². The number of benzene rings is 2. The third-order valence-electron chi connectivity index (χ3n) is 3.53. The van der Waals surface area contributed by atoms with Crippen molar-refractivity contribution in [3.05, 3.63) is 71.9 Å². The molecule has 0 saturated heterocycles. The van der Waals surface area contributed by atoms with Crippen molar-refractivity contribution >= 4 is 0 Å². The first-order chi connectivity index (χ1) is 10.8. The van der Waals surface area contributed by atoms with Crippen LogP contribution in [0.3, 0.4) is 0 Å². The molecule has 0 aliphatic rings. The van der Waals surface area contributed by atoms with Crippen LogP contribution < -0.4 is 10.1 Å². The van der Waals surface area contributed by atoms with Crippen LogP contribution in [0.2, 0.25) is 0 Å². The van der Waals surface area contributed by atoms with Crippen LogP contribution >= 0.6 is 0 Å². The van der Waals surface area contributed by atoms with E-state index in [4.69, 9.17) is 4.74 Å². The van der Waals surface area contributed by atoms with Crippen LogP contribution in [0.15, 0.2) is 60.8 Å². The van der Waals surface area contributed by atoms with Crippen LogP contribution in [0.4, 0.5) is 0 Å². The number of methoxy groups -OCH3 is 1. The van der Waals surface area contributed by atoms with Gasteiger partial charge in [0.25, 0.3) is 0 Å². The zero-order valence-corrected chi connectivity index (χ0v) is 12.5. The molecule has 2 aromatic carbocycles. The molecule has 0 spiro atoms. The number of nitrogens with zero attached hydrogens (tertiary/aromatic N) is 1. The number of aromatic amines is 1. The number of H-pyrrole nitrogens is 1. The average Bonchev–Trinajstić information content (AvgIpc) is 3.10. The molecule has 3 aromatic rings. The number of nitrogens with one attached hydrogen (secondary N) is 2. The zero-order chi connectivity index (χ0) is 15.2. The molecule has 4 heteroatoms. The highest BCUT2D eigenvalue weighted by molar-refractivity contribution is 5.59. The number of aromatic nitrogens is 2. The summed E-state index contributed by atoms with van der Waals surface area (Å²) < 4.78 is 5.24. The molecule has 0 aliphatic carbocycles. The Bertz CT molecular complexity index is 723. The Balaban J connectivity index is 1.61. The van der Waals surface area contributed by atoms with Crippen molar-refractivity contribution in [1.82, 2.24) is 15.5 Å². The Labute approximate surface area is 130 Å². The summed E-state index contributed by atoms with van der Waals surface area (Å²) in [6.07, 6.45) is 1.77. The van der Waals surface area contributed by atoms with Gasteiger partial charge in [0.15, 0.2) is 0 Å². The summed E-state index contributed by atoms with van der Waals surface area (Å²) in [4.78, 5) is 0. The first kappa shape index (κ1) is 14.4. The molecule has 112 valence electrons. The minimum absolute atomic E-state index is 0.811. The van der Waals surface area contributed by atoms with Gasteiger partial charge in [-0.3, -0.25) is 5.10 Å². The van der Waals surface area contributed by atoms with Crippen molar-refractivity contribution in [2.45, 2.75) is 13.1 Å². The maximum atomic E-state index is 5.24. The molecule has 22 heavy (non-hydrogen) atoms. The summed E-state index contributed by atoms with van der Waals surface area (Å²) in [5.74, 6) is 0.889. The number of ether oxygens (including phenoxy) is 1. The van der Waals surface area contributed by atoms with Gasteiger partial charge in [0.2, 0.25) is 0 Å². The summed E-state index contributed by atoms with van der Waals surface area (Å²) in [7, 11) is 1.69. The van der Waals surface area contributed by atoms with Gasteiger partial charge < -0.3 is 10.1 Å². The van der Waals surface area contributed by atoms with Gasteiger partial charge in [0.05, 0.1) is 12.8 Å². The Morgan fingerprint density at radius 1 is 1.00 bits per heavy atom. The van der Waals surface area contributed by atoms with E-state index in [1.807, 2.05) is 24.3 Å². The van der Waals surface area contributed by atoms with Crippen molar-refractivity contribution < 1.29 is 4.74 Å². The summed E-state index contributed by atoms with van der Waals surface area (Å²) in [6, 6.07) is 18.5. The van der Waals surface area contributed by atoms with E-state index in [-0.39, 0.29) is 0 Å². The SMILES string of the molecule is COc1cccc(CNCc2cccc(-c3ccn[nH]3)c2)c1. The van der Waals surface area contributed by atoms with E-state index in [9.17, 15) is 0 Å². The van der Waals surface area contributed by atoms with Crippen LogP contribution in [0, 0.1) is 0 Å². The predicted molar refractivity (Wildman–Crippen MR) is 87.6 cm³/mol. The summed E-state index contributed by atoms with van der Waals surface area (Å²) in [6.45, 7) is 1.63. The van der Waals surface area contributed by atoms with Crippen LogP contribution in [-0.2, 0) is 13.1 Å². The topological polar surface area (TPSA) is 49.9 Å². The molecule has 0 atom stereocenters. The first-order valence-corrected chi connectivity index (χ1v) is 7.27. The molecule has 1 heterocycles. The molecule has 0 bridgehead atoms. The van der Waals surface area contributed by atoms with E-state index in [0.717, 1.165) is 30.1 Å². The van der Waals surface area contributed by atoms with E-state index in [2.05, 4.69) is 45.8 Å². The highest BCUT2D eigenvalue weighted by Crippen LogP contribution is 2.17.